The Morgan fingerprint density at radius 1 is 1.16 bits per heavy atom. The van der Waals surface area contributed by atoms with Crippen molar-refractivity contribution < 1.29 is 22.7 Å². The van der Waals surface area contributed by atoms with Gasteiger partial charge in [-0.3, -0.25) is 4.79 Å². The highest BCUT2D eigenvalue weighted by Gasteiger charge is 2.33. The molecule has 0 bridgehead atoms. The van der Waals surface area contributed by atoms with E-state index in [1.165, 1.54) is 18.2 Å². The molecule has 0 unspecified atom stereocenters. The molecule has 7 nitrogen and oxygen atoms in total. The Morgan fingerprint density at radius 3 is 2.20 bits per heavy atom. The molecule has 0 aliphatic rings. The zero-order valence-corrected chi connectivity index (χ0v) is 15.9. The summed E-state index contributed by atoms with van der Waals surface area (Å²) >= 11 is 0. The Labute approximate surface area is 148 Å². The zero-order chi connectivity index (χ0) is 19.3. The van der Waals surface area contributed by atoms with E-state index in [0.717, 1.165) is 6.26 Å². The van der Waals surface area contributed by atoms with E-state index in [0.29, 0.717) is 12.8 Å². The molecule has 0 heterocycles. The van der Waals surface area contributed by atoms with Crippen LogP contribution in [0.25, 0.3) is 0 Å². The number of benzene rings is 1. The summed E-state index contributed by atoms with van der Waals surface area (Å²) in [5.41, 5.74) is 5.30. The highest BCUT2D eigenvalue weighted by molar-refractivity contribution is 7.90. The molecule has 0 aliphatic carbocycles. The molecule has 3 N–H and O–H groups in total. The standard InChI is InChI=1S/C17H26N2O5S/c1-5-17(6-2,11-18)16(21)19-13-8-12(15(20)24-7-3)9-14(10-13)25(4,22)23/h8-10H,5-7,11,18H2,1-4H3,(H,19,21). The lowest BCUT2D eigenvalue weighted by Crippen LogP contribution is -2.41. The smallest absolute Gasteiger partial charge is 0.338 e. The minimum atomic E-state index is -3.57. The molecule has 25 heavy (non-hydrogen) atoms. The first-order chi connectivity index (χ1) is 11.6. The number of hydrogen-bond acceptors (Lipinski definition) is 6. The number of anilines is 1. The highest BCUT2D eigenvalue weighted by Crippen LogP contribution is 2.28. The second-order valence-corrected chi connectivity index (χ2v) is 7.90. The highest BCUT2D eigenvalue weighted by atomic mass is 32.2. The van der Waals surface area contributed by atoms with Crippen LogP contribution < -0.4 is 11.1 Å². The molecule has 0 saturated heterocycles. The lowest BCUT2D eigenvalue weighted by atomic mass is 9.81. The van der Waals surface area contributed by atoms with E-state index >= 15 is 0 Å². The van der Waals surface area contributed by atoms with E-state index in [1.807, 2.05) is 13.8 Å². The summed E-state index contributed by atoms with van der Waals surface area (Å²) in [6.45, 7) is 5.72. The third-order valence-corrected chi connectivity index (χ3v) is 5.42. The largest absolute Gasteiger partial charge is 0.462 e. The van der Waals surface area contributed by atoms with Gasteiger partial charge < -0.3 is 15.8 Å². The molecule has 1 rings (SSSR count). The molecule has 1 amide bonds. The van der Waals surface area contributed by atoms with Gasteiger partial charge in [0.05, 0.1) is 22.5 Å². The van der Waals surface area contributed by atoms with Crippen molar-refractivity contribution in [2.75, 3.05) is 24.7 Å². The lowest BCUT2D eigenvalue weighted by Gasteiger charge is -2.28. The van der Waals surface area contributed by atoms with Gasteiger partial charge in [0.25, 0.3) is 0 Å². The fraction of sp³-hybridized carbons (Fsp3) is 0.529. The molecule has 8 heteroatoms. The van der Waals surface area contributed by atoms with Crippen LogP contribution in [0.2, 0.25) is 0 Å². The van der Waals surface area contributed by atoms with E-state index in [4.69, 9.17) is 10.5 Å². The lowest BCUT2D eigenvalue weighted by molar-refractivity contribution is -0.125. The Balaban J connectivity index is 3.33. The first kappa shape index (κ1) is 21.1. The van der Waals surface area contributed by atoms with E-state index in [9.17, 15) is 18.0 Å². The Morgan fingerprint density at radius 2 is 1.76 bits per heavy atom. The van der Waals surface area contributed by atoms with E-state index < -0.39 is 21.2 Å². The summed E-state index contributed by atoms with van der Waals surface area (Å²) in [5.74, 6) is -0.958. The van der Waals surface area contributed by atoms with Crippen LogP contribution in [0.3, 0.4) is 0 Å². The molecule has 0 atom stereocenters. The second-order valence-electron chi connectivity index (χ2n) is 5.88. The normalized spacial score (nSPS) is 11.9. The van der Waals surface area contributed by atoms with Gasteiger partial charge in [-0.15, -0.1) is 0 Å². The maximum atomic E-state index is 12.6. The van der Waals surface area contributed by atoms with Gasteiger partial charge in [-0.1, -0.05) is 13.8 Å². The number of rotatable bonds is 8. The van der Waals surface area contributed by atoms with E-state index in [2.05, 4.69) is 5.32 Å². The van der Waals surface area contributed by atoms with Crippen molar-refractivity contribution in [3.63, 3.8) is 0 Å². The average molecular weight is 370 g/mol. The van der Waals surface area contributed by atoms with Crippen LogP contribution in [0.4, 0.5) is 5.69 Å². The molecule has 0 spiro atoms. The third kappa shape index (κ3) is 5.02. The van der Waals surface area contributed by atoms with Gasteiger partial charge in [0.1, 0.15) is 0 Å². The third-order valence-electron chi connectivity index (χ3n) is 4.33. The number of esters is 1. The molecule has 1 aromatic carbocycles. The number of nitrogens with two attached hydrogens (primary N) is 1. The van der Waals surface area contributed by atoms with E-state index in [1.54, 1.807) is 6.92 Å². The van der Waals surface area contributed by atoms with Crippen LogP contribution in [0, 0.1) is 5.41 Å². The number of amides is 1. The molecule has 0 radical (unpaired) electrons. The molecular formula is C17H26N2O5S. The van der Waals surface area contributed by atoms with Crippen molar-refractivity contribution in [3.05, 3.63) is 23.8 Å². The van der Waals surface area contributed by atoms with Crippen molar-refractivity contribution in [2.45, 2.75) is 38.5 Å². The molecule has 1 aromatic rings. The maximum Gasteiger partial charge on any atom is 0.338 e. The fourth-order valence-electron chi connectivity index (χ4n) is 2.43. The van der Waals surface area contributed by atoms with E-state index in [-0.39, 0.29) is 35.2 Å². The van der Waals surface area contributed by atoms with Crippen molar-refractivity contribution in [1.82, 2.24) is 0 Å². The molecule has 0 aliphatic heterocycles. The van der Waals surface area contributed by atoms with Gasteiger partial charge >= 0.3 is 5.97 Å². The van der Waals surface area contributed by atoms with Crippen molar-refractivity contribution in [3.8, 4) is 0 Å². The number of ether oxygens (including phenoxy) is 1. The fourth-order valence-corrected chi connectivity index (χ4v) is 3.12. The number of hydrogen-bond donors (Lipinski definition) is 2. The average Bonchev–Trinajstić information content (AvgIpc) is 2.56. The first-order valence-electron chi connectivity index (χ1n) is 8.17. The van der Waals surface area contributed by atoms with Gasteiger partial charge in [0.15, 0.2) is 9.84 Å². The van der Waals surface area contributed by atoms with Gasteiger partial charge in [-0.2, -0.15) is 0 Å². The predicted octanol–water partition coefficient (Wildman–Crippen LogP) is 1.97. The zero-order valence-electron chi connectivity index (χ0n) is 15.1. The number of sulfone groups is 1. The summed E-state index contributed by atoms with van der Waals surface area (Å²) in [5, 5.41) is 2.69. The summed E-state index contributed by atoms with van der Waals surface area (Å²) in [6, 6.07) is 3.96. The van der Waals surface area contributed by atoms with Crippen LogP contribution in [0.5, 0.6) is 0 Å². The van der Waals surface area contributed by atoms with Gasteiger partial charge in [-0.05, 0) is 38.0 Å². The summed E-state index contributed by atoms with van der Waals surface area (Å²) < 4.78 is 28.7. The van der Waals surface area contributed by atoms with Crippen molar-refractivity contribution in [2.24, 2.45) is 11.1 Å². The van der Waals surface area contributed by atoms with Crippen LogP contribution in [-0.2, 0) is 19.4 Å². The number of carbonyl (C=O) groups is 2. The van der Waals surface area contributed by atoms with Crippen molar-refractivity contribution in [1.29, 1.82) is 0 Å². The molecule has 0 saturated carbocycles. The van der Waals surface area contributed by atoms with Crippen LogP contribution in [-0.4, -0.2) is 39.7 Å². The van der Waals surface area contributed by atoms with Crippen LogP contribution in [0.15, 0.2) is 23.1 Å². The topological polar surface area (TPSA) is 116 Å². The maximum absolute atomic E-state index is 12.6. The number of carbonyl (C=O) groups excluding carboxylic acids is 2. The molecule has 140 valence electrons. The molecule has 0 fully saturated rings. The Kier molecular flexibility index (Phi) is 7.13. The molecular weight excluding hydrogens is 344 g/mol. The summed E-state index contributed by atoms with van der Waals surface area (Å²) in [7, 11) is -3.57. The van der Waals surface area contributed by atoms with Crippen molar-refractivity contribution >= 4 is 27.4 Å². The van der Waals surface area contributed by atoms with Gasteiger partial charge in [0.2, 0.25) is 5.91 Å². The first-order valence-corrected chi connectivity index (χ1v) is 10.1. The minimum Gasteiger partial charge on any atom is -0.462 e. The number of nitrogens with one attached hydrogen (secondary N) is 1. The van der Waals surface area contributed by atoms with Crippen LogP contribution >= 0.6 is 0 Å². The Hall–Kier alpha value is -1.93. The SMILES string of the molecule is CCOC(=O)c1cc(NC(=O)C(CC)(CC)CN)cc(S(C)(=O)=O)c1. The van der Waals surface area contributed by atoms with Crippen LogP contribution in [0.1, 0.15) is 44.0 Å². The molecule has 0 aromatic heterocycles. The quantitative estimate of drug-likeness (QED) is 0.676. The summed E-state index contributed by atoms with van der Waals surface area (Å²) in [6.07, 6.45) is 2.12. The van der Waals surface area contributed by atoms with Gasteiger partial charge in [0, 0.05) is 18.5 Å². The monoisotopic (exact) mass is 370 g/mol. The van der Waals surface area contributed by atoms with Gasteiger partial charge in [-0.25, -0.2) is 13.2 Å². The predicted molar refractivity (Wildman–Crippen MR) is 96.2 cm³/mol. The second kappa shape index (κ2) is 8.44. The summed E-state index contributed by atoms with van der Waals surface area (Å²) in [4.78, 5) is 24.5. The minimum absolute atomic E-state index is 0.0615. The Bertz CT molecular complexity index is 731.